The number of hydrogen-bond acceptors (Lipinski definition) is 1. The second kappa shape index (κ2) is 6.12. The van der Waals surface area contributed by atoms with Crippen LogP contribution in [0.3, 0.4) is 0 Å². The summed E-state index contributed by atoms with van der Waals surface area (Å²) in [6.07, 6.45) is 6.32. The third-order valence-electron chi connectivity index (χ3n) is 4.87. The van der Waals surface area contributed by atoms with Crippen molar-refractivity contribution in [3.05, 3.63) is 102 Å². The van der Waals surface area contributed by atoms with Gasteiger partial charge in [-0.05, 0) is 50.9 Å². The molecular formula is C25H17N. The van der Waals surface area contributed by atoms with Crippen LogP contribution in [0.5, 0.6) is 0 Å². The molecule has 0 bridgehead atoms. The van der Waals surface area contributed by atoms with E-state index in [1.165, 1.54) is 27.1 Å². The zero-order valence-corrected chi connectivity index (χ0v) is 14.3. The normalized spacial score (nSPS) is 11.7. The van der Waals surface area contributed by atoms with Crippen LogP contribution in [0, 0.1) is 0 Å². The SMILES string of the molecule is C(=C\c1c2ccccc2cc2ccccc12)/c1cnc2ccccc2c1. The fourth-order valence-electron chi connectivity index (χ4n) is 3.59. The maximum atomic E-state index is 4.57. The van der Waals surface area contributed by atoms with Crippen LogP contribution in [0.15, 0.2) is 91.1 Å². The Kier molecular flexibility index (Phi) is 3.50. The first kappa shape index (κ1) is 14.9. The standard InChI is InChI=1S/C25H17N/c1-4-10-22-19(7-1)16-20-8-2-5-11-23(20)24(22)14-13-18-15-21-9-3-6-12-25(21)26-17-18/h1-17H/b14-13+. The molecule has 5 aromatic rings. The Morgan fingerprint density at radius 1 is 0.577 bits per heavy atom. The lowest BCUT2D eigenvalue weighted by Crippen LogP contribution is -1.84. The number of nitrogens with zero attached hydrogens (tertiary/aromatic N) is 1. The van der Waals surface area contributed by atoms with Crippen LogP contribution in [-0.2, 0) is 0 Å². The first-order chi connectivity index (χ1) is 12.9. The van der Waals surface area contributed by atoms with Crippen LogP contribution in [0.25, 0.3) is 44.6 Å². The van der Waals surface area contributed by atoms with Gasteiger partial charge in [0.05, 0.1) is 5.52 Å². The summed E-state index contributed by atoms with van der Waals surface area (Å²) in [5.41, 5.74) is 3.40. The smallest absolute Gasteiger partial charge is 0.0702 e. The molecule has 0 N–H and O–H groups in total. The van der Waals surface area contributed by atoms with Crippen molar-refractivity contribution in [2.24, 2.45) is 0 Å². The first-order valence-electron chi connectivity index (χ1n) is 8.82. The third-order valence-corrected chi connectivity index (χ3v) is 4.87. The first-order valence-corrected chi connectivity index (χ1v) is 8.82. The number of aromatic nitrogens is 1. The van der Waals surface area contributed by atoms with Crippen LogP contribution in [-0.4, -0.2) is 4.98 Å². The van der Waals surface area contributed by atoms with Crippen molar-refractivity contribution in [1.82, 2.24) is 4.98 Å². The van der Waals surface area contributed by atoms with Gasteiger partial charge in [0, 0.05) is 11.6 Å². The monoisotopic (exact) mass is 331 g/mol. The summed E-state index contributed by atoms with van der Waals surface area (Å²) < 4.78 is 0. The number of benzene rings is 4. The molecule has 1 aromatic heterocycles. The topological polar surface area (TPSA) is 12.9 Å². The maximum absolute atomic E-state index is 4.57. The molecule has 1 heteroatoms. The fourth-order valence-corrected chi connectivity index (χ4v) is 3.59. The number of hydrogen-bond donors (Lipinski definition) is 0. The van der Waals surface area contributed by atoms with Gasteiger partial charge in [-0.15, -0.1) is 0 Å². The minimum Gasteiger partial charge on any atom is -0.256 e. The molecule has 0 radical (unpaired) electrons. The predicted molar refractivity (Wildman–Crippen MR) is 112 cm³/mol. The van der Waals surface area contributed by atoms with Gasteiger partial charge in [0.25, 0.3) is 0 Å². The van der Waals surface area contributed by atoms with Crippen LogP contribution >= 0.6 is 0 Å². The lowest BCUT2D eigenvalue weighted by Gasteiger charge is -2.08. The van der Waals surface area contributed by atoms with Gasteiger partial charge in [-0.3, -0.25) is 4.98 Å². The van der Waals surface area contributed by atoms with E-state index in [4.69, 9.17) is 0 Å². The van der Waals surface area contributed by atoms with Gasteiger partial charge in [0.1, 0.15) is 0 Å². The fraction of sp³-hybridized carbons (Fsp3) is 0. The maximum Gasteiger partial charge on any atom is 0.0702 e. The van der Waals surface area contributed by atoms with Crippen molar-refractivity contribution >= 4 is 44.6 Å². The average Bonchev–Trinajstić information content (AvgIpc) is 2.71. The predicted octanol–water partition coefficient (Wildman–Crippen LogP) is 6.71. The van der Waals surface area contributed by atoms with Gasteiger partial charge in [0.15, 0.2) is 0 Å². The van der Waals surface area contributed by atoms with Gasteiger partial charge < -0.3 is 0 Å². The lowest BCUT2D eigenvalue weighted by molar-refractivity contribution is 1.40. The second-order valence-corrected chi connectivity index (χ2v) is 6.53. The Labute approximate surface area is 152 Å². The van der Waals surface area contributed by atoms with E-state index in [9.17, 15) is 0 Å². The van der Waals surface area contributed by atoms with Crippen molar-refractivity contribution < 1.29 is 0 Å². The second-order valence-electron chi connectivity index (χ2n) is 6.53. The van der Waals surface area contributed by atoms with Crippen LogP contribution in [0.4, 0.5) is 0 Å². The number of para-hydroxylation sites is 1. The van der Waals surface area contributed by atoms with Crippen molar-refractivity contribution in [2.75, 3.05) is 0 Å². The van der Waals surface area contributed by atoms with E-state index in [1.54, 1.807) is 0 Å². The molecule has 0 spiro atoms. The Balaban J connectivity index is 1.70. The van der Waals surface area contributed by atoms with Gasteiger partial charge in [0.2, 0.25) is 0 Å². The summed E-state index contributed by atoms with van der Waals surface area (Å²) >= 11 is 0. The van der Waals surface area contributed by atoms with Gasteiger partial charge in [-0.2, -0.15) is 0 Å². The molecule has 26 heavy (non-hydrogen) atoms. The molecule has 0 saturated carbocycles. The molecule has 0 amide bonds. The summed E-state index contributed by atoms with van der Waals surface area (Å²) in [7, 11) is 0. The highest BCUT2D eigenvalue weighted by Gasteiger charge is 2.04. The Hall–Kier alpha value is -3.45. The highest BCUT2D eigenvalue weighted by Crippen LogP contribution is 2.30. The van der Waals surface area contributed by atoms with Gasteiger partial charge in [-0.25, -0.2) is 0 Å². The van der Waals surface area contributed by atoms with E-state index in [0.717, 1.165) is 16.5 Å². The molecule has 1 heterocycles. The van der Waals surface area contributed by atoms with Crippen molar-refractivity contribution in [3.8, 4) is 0 Å². The van der Waals surface area contributed by atoms with E-state index in [-0.39, 0.29) is 0 Å². The Bertz CT molecular complexity index is 1230. The summed E-state index contributed by atoms with van der Waals surface area (Å²) in [6.45, 7) is 0. The molecule has 1 nitrogen and oxygen atoms in total. The average molecular weight is 331 g/mol. The molecule has 0 saturated heterocycles. The van der Waals surface area contributed by atoms with Crippen molar-refractivity contribution in [2.45, 2.75) is 0 Å². The summed E-state index contributed by atoms with van der Waals surface area (Å²) in [5, 5.41) is 6.25. The molecule has 0 aliphatic rings. The molecule has 0 atom stereocenters. The molecule has 0 unspecified atom stereocenters. The number of pyridine rings is 1. The molecular weight excluding hydrogens is 314 g/mol. The molecule has 0 fully saturated rings. The molecule has 0 aliphatic carbocycles. The minimum atomic E-state index is 1.03. The number of rotatable bonds is 2. The van der Waals surface area contributed by atoms with Crippen LogP contribution < -0.4 is 0 Å². The highest BCUT2D eigenvalue weighted by molar-refractivity contribution is 6.08. The summed E-state index contributed by atoms with van der Waals surface area (Å²) in [6, 6.07) is 29.8. The Morgan fingerprint density at radius 2 is 1.19 bits per heavy atom. The summed E-state index contributed by atoms with van der Waals surface area (Å²) in [4.78, 5) is 4.57. The van der Waals surface area contributed by atoms with Crippen LogP contribution in [0.1, 0.15) is 11.1 Å². The molecule has 0 aliphatic heterocycles. The van der Waals surface area contributed by atoms with Crippen LogP contribution in [0.2, 0.25) is 0 Å². The largest absolute Gasteiger partial charge is 0.256 e. The summed E-state index contributed by atoms with van der Waals surface area (Å²) in [5.74, 6) is 0. The molecule has 5 rings (SSSR count). The van der Waals surface area contributed by atoms with E-state index in [0.29, 0.717) is 0 Å². The lowest BCUT2D eigenvalue weighted by atomic mass is 9.96. The van der Waals surface area contributed by atoms with Crippen molar-refractivity contribution in [3.63, 3.8) is 0 Å². The van der Waals surface area contributed by atoms with Gasteiger partial charge in [-0.1, -0.05) is 78.9 Å². The number of fused-ring (bicyclic) bond motifs is 3. The highest BCUT2D eigenvalue weighted by atomic mass is 14.6. The zero-order chi connectivity index (χ0) is 17.3. The Morgan fingerprint density at radius 3 is 1.92 bits per heavy atom. The van der Waals surface area contributed by atoms with E-state index >= 15 is 0 Å². The van der Waals surface area contributed by atoms with E-state index in [1.807, 2.05) is 18.3 Å². The molecule has 4 aromatic carbocycles. The molecule has 122 valence electrons. The van der Waals surface area contributed by atoms with E-state index in [2.05, 4.69) is 89.9 Å². The zero-order valence-electron chi connectivity index (χ0n) is 14.3. The van der Waals surface area contributed by atoms with Crippen molar-refractivity contribution in [1.29, 1.82) is 0 Å². The third kappa shape index (κ3) is 2.55. The van der Waals surface area contributed by atoms with E-state index < -0.39 is 0 Å². The minimum absolute atomic E-state index is 1.03. The quantitative estimate of drug-likeness (QED) is 0.327. The van der Waals surface area contributed by atoms with Gasteiger partial charge >= 0.3 is 0 Å².